The minimum atomic E-state index is -0.754. The summed E-state index contributed by atoms with van der Waals surface area (Å²) in [7, 11) is 0. The Hall–Kier alpha value is -2.18. The Morgan fingerprint density at radius 2 is 2.08 bits per heavy atom. The molecule has 1 unspecified atom stereocenters. The lowest BCUT2D eigenvalue weighted by Gasteiger charge is -2.14. The Morgan fingerprint density at radius 1 is 1.28 bits per heavy atom. The maximum absolute atomic E-state index is 11.3. The van der Waals surface area contributed by atoms with Gasteiger partial charge in [0.15, 0.2) is 10.8 Å². The van der Waals surface area contributed by atoms with Gasteiger partial charge < -0.3 is 14.8 Å². The fourth-order valence-corrected chi connectivity index (χ4v) is 3.70. The molecule has 1 atom stereocenters. The van der Waals surface area contributed by atoms with Gasteiger partial charge in [-0.3, -0.25) is 4.79 Å². The molecule has 0 spiro atoms. The molecule has 6 heteroatoms. The zero-order valence-electron chi connectivity index (χ0n) is 14.4. The van der Waals surface area contributed by atoms with Crippen molar-refractivity contribution in [2.24, 2.45) is 11.8 Å². The van der Waals surface area contributed by atoms with Crippen LogP contribution >= 0.6 is 11.3 Å². The predicted octanol–water partition coefficient (Wildman–Crippen LogP) is 4.39. The van der Waals surface area contributed by atoms with Crippen molar-refractivity contribution < 1.29 is 14.3 Å². The molecule has 0 bridgehead atoms. The van der Waals surface area contributed by atoms with Crippen LogP contribution in [0.1, 0.15) is 26.0 Å². The van der Waals surface area contributed by atoms with Crippen LogP contribution in [0.5, 0.6) is 0 Å². The zero-order chi connectivity index (χ0) is 17.8. The van der Waals surface area contributed by atoms with E-state index in [0.717, 1.165) is 26.7 Å². The minimum Gasteiger partial charge on any atom is -0.481 e. The van der Waals surface area contributed by atoms with Crippen LogP contribution in [0.25, 0.3) is 21.0 Å². The molecule has 3 aromatic rings. The van der Waals surface area contributed by atoms with Crippen molar-refractivity contribution in [2.45, 2.75) is 26.8 Å². The van der Waals surface area contributed by atoms with Crippen molar-refractivity contribution in [3.63, 3.8) is 0 Å². The van der Waals surface area contributed by atoms with Crippen LogP contribution in [0.4, 0.5) is 0 Å². The highest BCUT2D eigenvalue weighted by Crippen LogP contribution is 2.31. The van der Waals surface area contributed by atoms with Crippen molar-refractivity contribution in [2.75, 3.05) is 6.54 Å². The summed E-state index contributed by atoms with van der Waals surface area (Å²) >= 11 is 1.60. The maximum atomic E-state index is 11.3. The number of furan rings is 1. The van der Waals surface area contributed by atoms with Crippen molar-refractivity contribution in [3.05, 3.63) is 42.2 Å². The topological polar surface area (TPSA) is 75.4 Å². The highest BCUT2D eigenvalue weighted by atomic mass is 32.1. The molecule has 1 aromatic carbocycles. The molecular formula is C19H22N2O3S. The molecule has 3 rings (SSSR count). The average molecular weight is 358 g/mol. The number of rotatable bonds is 8. The van der Waals surface area contributed by atoms with Crippen molar-refractivity contribution in [1.82, 2.24) is 10.3 Å². The Bertz CT molecular complexity index is 820. The standard InChI is InChI=1S/C19H22N2O3S/c1-12(2)9-13(19(22)23)10-20-11-14-7-8-16(24-14)18-21-15-5-3-4-6-17(15)25-18/h3-8,12-13,20H,9-11H2,1-2H3,(H,22,23). The molecular weight excluding hydrogens is 336 g/mol. The summed E-state index contributed by atoms with van der Waals surface area (Å²) in [5.74, 6) is 0.754. The number of hydrogen-bond donors (Lipinski definition) is 2. The third-order valence-corrected chi connectivity index (χ3v) is 5.01. The van der Waals surface area contributed by atoms with E-state index in [9.17, 15) is 9.90 Å². The third kappa shape index (κ3) is 4.46. The smallest absolute Gasteiger partial charge is 0.307 e. The van der Waals surface area contributed by atoms with E-state index in [2.05, 4.69) is 10.3 Å². The van der Waals surface area contributed by atoms with Crippen LogP contribution in [0.2, 0.25) is 0 Å². The zero-order valence-corrected chi connectivity index (χ0v) is 15.2. The largest absolute Gasteiger partial charge is 0.481 e. The summed E-state index contributed by atoms with van der Waals surface area (Å²) in [5, 5.41) is 13.3. The second kappa shape index (κ2) is 7.80. The average Bonchev–Trinajstić information content (AvgIpc) is 3.19. The Morgan fingerprint density at radius 3 is 2.80 bits per heavy atom. The van der Waals surface area contributed by atoms with Gasteiger partial charge in [0, 0.05) is 6.54 Å². The molecule has 132 valence electrons. The molecule has 0 aliphatic rings. The molecule has 0 saturated heterocycles. The van der Waals surface area contributed by atoms with E-state index in [0.29, 0.717) is 25.4 Å². The van der Waals surface area contributed by atoms with Crippen LogP contribution < -0.4 is 5.32 Å². The molecule has 5 nitrogen and oxygen atoms in total. The summed E-state index contributed by atoms with van der Waals surface area (Å²) in [5.41, 5.74) is 0.969. The van der Waals surface area contributed by atoms with Crippen LogP contribution in [0, 0.1) is 11.8 Å². The fourth-order valence-electron chi connectivity index (χ4n) is 2.78. The molecule has 25 heavy (non-hydrogen) atoms. The maximum Gasteiger partial charge on any atom is 0.307 e. The lowest BCUT2D eigenvalue weighted by molar-refractivity contribution is -0.142. The monoisotopic (exact) mass is 358 g/mol. The van der Waals surface area contributed by atoms with E-state index >= 15 is 0 Å². The Balaban J connectivity index is 1.61. The predicted molar refractivity (Wildman–Crippen MR) is 99.6 cm³/mol. The number of hydrogen-bond acceptors (Lipinski definition) is 5. The van der Waals surface area contributed by atoms with E-state index < -0.39 is 5.97 Å². The number of aliphatic carboxylic acids is 1. The minimum absolute atomic E-state index is 0.358. The number of carboxylic acids is 1. The quantitative estimate of drug-likeness (QED) is 0.624. The second-order valence-electron chi connectivity index (χ2n) is 6.55. The van der Waals surface area contributed by atoms with Crippen molar-refractivity contribution >= 4 is 27.5 Å². The van der Waals surface area contributed by atoms with E-state index in [-0.39, 0.29) is 5.92 Å². The molecule has 0 fully saturated rings. The van der Waals surface area contributed by atoms with Gasteiger partial charge in [0.1, 0.15) is 5.76 Å². The Labute approximate surface area is 150 Å². The number of nitrogens with one attached hydrogen (secondary N) is 1. The van der Waals surface area contributed by atoms with Crippen LogP contribution in [0.3, 0.4) is 0 Å². The Kier molecular flexibility index (Phi) is 5.50. The highest BCUT2D eigenvalue weighted by Gasteiger charge is 2.18. The van der Waals surface area contributed by atoms with Gasteiger partial charge in [0.25, 0.3) is 0 Å². The fraction of sp³-hybridized carbons (Fsp3) is 0.368. The number of aromatic nitrogens is 1. The first-order chi connectivity index (χ1) is 12.0. The molecule has 0 aliphatic heterocycles. The molecule has 2 N–H and O–H groups in total. The van der Waals surface area contributed by atoms with Gasteiger partial charge in [-0.1, -0.05) is 26.0 Å². The van der Waals surface area contributed by atoms with Crippen LogP contribution in [-0.4, -0.2) is 22.6 Å². The SMILES string of the molecule is CC(C)CC(CNCc1ccc(-c2nc3ccccc3s2)o1)C(=O)O. The van der Waals surface area contributed by atoms with E-state index in [4.69, 9.17) is 4.42 Å². The molecule has 2 aromatic heterocycles. The van der Waals surface area contributed by atoms with Gasteiger partial charge >= 0.3 is 5.97 Å². The first-order valence-corrected chi connectivity index (χ1v) is 9.22. The number of nitrogens with zero attached hydrogens (tertiary/aromatic N) is 1. The lowest BCUT2D eigenvalue weighted by atomic mass is 9.97. The number of carboxylic acid groups (broad SMARTS) is 1. The lowest BCUT2D eigenvalue weighted by Crippen LogP contribution is -2.29. The number of thiazole rings is 1. The summed E-state index contributed by atoms with van der Waals surface area (Å²) in [6, 6.07) is 11.8. The third-order valence-electron chi connectivity index (χ3n) is 3.96. The highest BCUT2D eigenvalue weighted by molar-refractivity contribution is 7.21. The molecule has 0 amide bonds. The van der Waals surface area contributed by atoms with E-state index in [1.54, 1.807) is 11.3 Å². The number of fused-ring (bicyclic) bond motifs is 1. The van der Waals surface area contributed by atoms with E-state index in [1.165, 1.54) is 0 Å². The molecule has 0 aliphatic carbocycles. The summed E-state index contributed by atoms with van der Waals surface area (Å²) < 4.78 is 6.99. The number of carbonyl (C=O) groups is 1. The van der Waals surface area contributed by atoms with Gasteiger partial charge in [0.2, 0.25) is 0 Å². The summed E-state index contributed by atoms with van der Waals surface area (Å²) in [4.78, 5) is 15.9. The van der Waals surface area contributed by atoms with Gasteiger partial charge in [-0.25, -0.2) is 4.98 Å². The normalized spacial score (nSPS) is 12.8. The summed E-state index contributed by atoms with van der Waals surface area (Å²) in [6.07, 6.45) is 0.664. The molecule has 0 saturated carbocycles. The van der Waals surface area contributed by atoms with E-state index in [1.807, 2.05) is 50.2 Å². The first kappa shape index (κ1) is 17.6. The number of benzene rings is 1. The molecule has 0 radical (unpaired) electrons. The summed E-state index contributed by atoms with van der Waals surface area (Å²) in [6.45, 7) is 5.01. The van der Waals surface area contributed by atoms with Gasteiger partial charge in [-0.15, -0.1) is 11.3 Å². The van der Waals surface area contributed by atoms with Crippen LogP contribution in [-0.2, 0) is 11.3 Å². The van der Waals surface area contributed by atoms with Gasteiger partial charge in [0.05, 0.1) is 22.7 Å². The van der Waals surface area contributed by atoms with Gasteiger partial charge in [-0.2, -0.15) is 0 Å². The van der Waals surface area contributed by atoms with Gasteiger partial charge in [-0.05, 0) is 36.6 Å². The van der Waals surface area contributed by atoms with Crippen molar-refractivity contribution in [1.29, 1.82) is 0 Å². The first-order valence-electron chi connectivity index (χ1n) is 8.41. The molecule has 2 heterocycles. The second-order valence-corrected chi connectivity index (χ2v) is 7.58. The number of para-hydroxylation sites is 1. The van der Waals surface area contributed by atoms with Crippen LogP contribution in [0.15, 0.2) is 40.8 Å². The van der Waals surface area contributed by atoms with Crippen molar-refractivity contribution in [3.8, 4) is 10.8 Å².